The van der Waals surface area contributed by atoms with Gasteiger partial charge >= 0.3 is 6.03 Å². The first kappa shape index (κ1) is 16.6. The zero-order valence-corrected chi connectivity index (χ0v) is 13.7. The van der Waals surface area contributed by atoms with E-state index in [9.17, 15) is 9.90 Å². The van der Waals surface area contributed by atoms with E-state index < -0.39 is 6.10 Å². The number of carbonyl (C=O) groups excluding carboxylic acids is 1. The number of nitrogens with zero attached hydrogens (tertiary/aromatic N) is 1. The number of carbonyl (C=O) groups is 1. The molecule has 122 valence electrons. The van der Waals surface area contributed by atoms with Crippen molar-refractivity contribution in [2.75, 3.05) is 19.6 Å². The average molecular weight is 297 g/mol. The van der Waals surface area contributed by atoms with Crippen LogP contribution in [0.4, 0.5) is 4.79 Å². The van der Waals surface area contributed by atoms with Crippen LogP contribution in [0, 0.1) is 5.41 Å². The van der Waals surface area contributed by atoms with Crippen LogP contribution >= 0.6 is 0 Å². The molecular formula is C16H31N3O2. The summed E-state index contributed by atoms with van der Waals surface area (Å²) in [7, 11) is 0. The lowest BCUT2D eigenvalue weighted by atomic mass is 9.89. The molecule has 1 saturated heterocycles. The van der Waals surface area contributed by atoms with Gasteiger partial charge in [-0.3, -0.25) is 4.90 Å². The SMILES string of the molecule is CC(C)(C)C(O)CNC(=O)NC1CCN(C2CCCC2)C1. The van der Waals surface area contributed by atoms with Crippen LogP contribution in [0.5, 0.6) is 0 Å². The number of hydrogen-bond donors (Lipinski definition) is 3. The Morgan fingerprint density at radius 1 is 1.29 bits per heavy atom. The molecule has 5 heteroatoms. The van der Waals surface area contributed by atoms with Gasteiger partial charge in [-0.05, 0) is 24.7 Å². The predicted octanol–water partition coefficient (Wildman–Crippen LogP) is 1.71. The molecule has 2 fully saturated rings. The van der Waals surface area contributed by atoms with Crippen molar-refractivity contribution < 1.29 is 9.90 Å². The van der Waals surface area contributed by atoms with Crippen LogP contribution in [0.3, 0.4) is 0 Å². The molecule has 2 atom stereocenters. The first-order chi connectivity index (χ1) is 9.86. The Kier molecular flexibility index (Phi) is 5.49. The molecule has 2 amide bonds. The molecule has 1 aliphatic heterocycles. The van der Waals surface area contributed by atoms with Gasteiger partial charge in [0.2, 0.25) is 0 Å². The number of urea groups is 1. The number of rotatable bonds is 4. The summed E-state index contributed by atoms with van der Waals surface area (Å²) in [6, 6.07) is 0.830. The second-order valence-electron chi connectivity index (χ2n) is 7.66. The van der Waals surface area contributed by atoms with Crippen molar-refractivity contribution >= 4 is 6.03 Å². The third-order valence-corrected chi connectivity index (χ3v) is 4.85. The predicted molar refractivity (Wildman–Crippen MR) is 84.2 cm³/mol. The van der Waals surface area contributed by atoms with Gasteiger partial charge in [-0.15, -0.1) is 0 Å². The van der Waals surface area contributed by atoms with Crippen molar-refractivity contribution in [1.29, 1.82) is 0 Å². The lowest BCUT2D eigenvalue weighted by Gasteiger charge is -2.26. The fraction of sp³-hybridized carbons (Fsp3) is 0.938. The first-order valence-corrected chi connectivity index (χ1v) is 8.33. The summed E-state index contributed by atoms with van der Waals surface area (Å²) in [4.78, 5) is 14.4. The van der Waals surface area contributed by atoms with Crippen LogP contribution in [-0.4, -0.2) is 53.9 Å². The lowest BCUT2D eigenvalue weighted by molar-refractivity contribution is 0.0649. The molecule has 5 nitrogen and oxygen atoms in total. The molecule has 0 radical (unpaired) electrons. The average Bonchev–Trinajstić information content (AvgIpc) is 3.04. The summed E-state index contributed by atoms with van der Waals surface area (Å²) in [5.41, 5.74) is -0.208. The van der Waals surface area contributed by atoms with E-state index in [2.05, 4.69) is 15.5 Å². The van der Waals surface area contributed by atoms with E-state index in [4.69, 9.17) is 0 Å². The zero-order valence-electron chi connectivity index (χ0n) is 13.7. The summed E-state index contributed by atoms with van der Waals surface area (Å²) in [5, 5.41) is 15.7. The smallest absolute Gasteiger partial charge is 0.315 e. The van der Waals surface area contributed by atoms with Crippen LogP contribution in [0.2, 0.25) is 0 Å². The van der Waals surface area contributed by atoms with Crippen molar-refractivity contribution in [3.63, 3.8) is 0 Å². The first-order valence-electron chi connectivity index (χ1n) is 8.33. The Hall–Kier alpha value is -0.810. The second-order valence-corrected chi connectivity index (χ2v) is 7.66. The Labute approximate surface area is 128 Å². The Morgan fingerprint density at radius 3 is 2.57 bits per heavy atom. The molecule has 1 saturated carbocycles. The van der Waals surface area contributed by atoms with Gasteiger partial charge in [0.15, 0.2) is 0 Å². The van der Waals surface area contributed by atoms with E-state index in [1.54, 1.807) is 0 Å². The number of aliphatic hydroxyl groups is 1. The van der Waals surface area contributed by atoms with Crippen molar-refractivity contribution in [2.24, 2.45) is 5.41 Å². The Bertz CT molecular complexity index is 348. The maximum absolute atomic E-state index is 11.9. The number of hydrogen-bond acceptors (Lipinski definition) is 3. The number of nitrogens with one attached hydrogen (secondary N) is 2. The molecule has 3 N–H and O–H groups in total. The van der Waals surface area contributed by atoms with Gasteiger partial charge in [-0.25, -0.2) is 4.79 Å². The van der Waals surface area contributed by atoms with Crippen LogP contribution in [0.25, 0.3) is 0 Å². The highest BCUT2D eigenvalue weighted by Gasteiger charge is 2.30. The highest BCUT2D eigenvalue weighted by atomic mass is 16.3. The molecule has 2 unspecified atom stereocenters. The Balaban J connectivity index is 1.67. The highest BCUT2D eigenvalue weighted by Crippen LogP contribution is 2.26. The number of aliphatic hydroxyl groups excluding tert-OH is 1. The molecule has 0 aromatic heterocycles. The summed E-state index contributed by atoms with van der Waals surface area (Å²) < 4.78 is 0. The summed E-state index contributed by atoms with van der Waals surface area (Å²) in [6.45, 7) is 8.27. The fourth-order valence-electron chi connectivity index (χ4n) is 3.24. The zero-order chi connectivity index (χ0) is 15.5. The maximum atomic E-state index is 11.9. The maximum Gasteiger partial charge on any atom is 0.315 e. The monoisotopic (exact) mass is 297 g/mol. The molecular weight excluding hydrogens is 266 g/mol. The molecule has 0 aromatic carbocycles. The van der Waals surface area contributed by atoms with Gasteiger partial charge in [-0.1, -0.05) is 33.6 Å². The Morgan fingerprint density at radius 2 is 1.95 bits per heavy atom. The standard InChI is InChI=1S/C16H31N3O2/c1-16(2,3)14(20)10-17-15(21)18-12-8-9-19(11-12)13-6-4-5-7-13/h12-14,20H,4-11H2,1-3H3,(H2,17,18,21). The van der Waals surface area contributed by atoms with E-state index in [1.165, 1.54) is 25.7 Å². The molecule has 0 aromatic rings. The van der Waals surface area contributed by atoms with E-state index >= 15 is 0 Å². The molecule has 2 rings (SSSR count). The van der Waals surface area contributed by atoms with Crippen LogP contribution < -0.4 is 10.6 Å². The van der Waals surface area contributed by atoms with Crippen molar-refractivity contribution in [3.8, 4) is 0 Å². The fourth-order valence-corrected chi connectivity index (χ4v) is 3.24. The van der Waals surface area contributed by atoms with Crippen molar-refractivity contribution in [1.82, 2.24) is 15.5 Å². The molecule has 2 aliphatic rings. The van der Waals surface area contributed by atoms with Crippen LogP contribution in [-0.2, 0) is 0 Å². The van der Waals surface area contributed by atoms with E-state index in [-0.39, 0.29) is 17.5 Å². The van der Waals surface area contributed by atoms with Crippen molar-refractivity contribution in [2.45, 2.75) is 71.1 Å². The van der Waals surface area contributed by atoms with Gasteiger partial charge in [0.25, 0.3) is 0 Å². The minimum Gasteiger partial charge on any atom is -0.391 e. The molecule has 21 heavy (non-hydrogen) atoms. The summed E-state index contributed by atoms with van der Waals surface area (Å²) in [6.07, 6.45) is 5.84. The highest BCUT2D eigenvalue weighted by molar-refractivity contribution is 5.74. The van der Waals surface area contributed by atoms with Gasteiger partial charge in [0.05, 0.1) is 6.10 Å². The van der Waals surface area contributed by atoms with Crippen LogP contribution in [0.1, 0.15) is 52.9 Å². The third-order valence-electron chi connectivity index (χ3n) is 4.85. The van der Waals surface area contributed by atoms with E-state index in [0.717, 1.165) is 25.6 Å². The summed E-state index contributed by atoms with van der Waals surface area (Å²) in [5.74, 6) is 0. The summed E-state index contributed by atoms with van der Waals surface area (Å²) >= 11 is 0. The number of amides is 2. The number of likely N-dealkylation sites (tertiary alicyclic amines) is 1. The van der Waals surface area contributed by atoms with E-state index in [0.29, 0.717) is 6.54 Å². The minimum absolute atomic E-state index is 0.156. The van der Waals surface area contributed by atoms with E-state index in [1.807, 2.05) is 20.8 Å². The minimum atomic E-state index is -0.526. The van der Waals surface area contributed by atoms with Gasteiger partial charge in [0.1, 0.15) is 0 Å². The van der Waals surface area contributed by atoms with Gasteiger partial charge in [-0.2, -0.15) is 0 Å². The van der Waals surface area contributed by atoms with Crippen molar-refractivity contribution in [3.05, 3.63) is 0 Å². The van der Waals surface area contributed by atoms with Gasteiger partial charge in [0, 0.05) is 31.7 Å². The topological polar surface area (TPSA) is 64.6 Å². The molecule has 0 bridgehead atoms. The molecule has 1 aliphatic carbocycles. The quantitative estimate of drug-likeness (QED) is 0.740. The largest absolute Gasteiger partial charge is 0.391 e. The van der Waals surface area contributed by atoms with Gasteiger partial charge < -0.3 is 15.7 Å². The lowest BCUT2D eigenvalue weighted by Crippen LogP contribution is -2.47. The normalized spacial score (nSPS) is 26.0. The molecule has 0 spiro atoms. The second kappa shape index (κ2) is 6.97. The third kappa shape index (κ3) is 4.85. The van der Waals surface area contributed by atoms with Crippen LogP contribution in [0.15, 0.2) is 0 Å². The molecule has 1 heterocycles.